The van der Waals surface area contributed by atoms with Crippen LogP contribution in [0.5, 0.6) is 0 Å². The van der Waals surface area contributed by atoms with Gasteiger partial charge in [0.05, 0.1) is 6.61 Å². The Bertz CT molecular complexity index is 1390. The molecule has 0 saturated carbocycles. The Kier molecular flexibility index (Phi) is 3.21. The molecule has 128 valence electrons. The summed E-state index contributed by atoms with van der Waals surface area (Å²) >= 11 is 0. The summed E-state index contributed by atoms with van der Waals surface area (Å²) in [7, 11) is -4.52. The standard InChI is InChI=1S/C21H14O4S/c22-26(23,24)25-12-19-16-7-2-1-6-15(16)17-10-8-13-4-3-5-14-9-11-18(19)21(17)20(13)14/h1-11H,12H2,(H,22,23,24). The lowest BCUT2D eigenvalue weighted by atomic mass is 9.88. The molecule has 0 unspecified atom stereocenters. The van der Waals surface area contributed by atoms with Crippen LogP contribution in [0.2, 0.25) is 0 Å². The molecule has 5 aromatic carbocycles. The van der Waals surface area contributed by atoms with Crippen LogP contribution >= 0.6 is 0 Å². The second kappa shape index (κ2) is 5.38. The van der Waals surface area contributed by atoms with E-state index in [1.54, 1.807) is 0 Å². The van der Waals surface area contributed by atoms with E-state index in [1.807, 2.05) is 42.5 Å². The molecular weight excluding hydrogens is 348 g/mol. The van der Waals surface area contributed by atoms with Gasteiger partial charge in [-0.25, -0.2) is 4.18 Å². The molecule has 0 atom stereocenters. The normalized spacial score (nSPS) is 12.7. The van der Waals surface area contributed by atoms with Gasteiger partial charge in [0, 0.05) is 0 Å². The molecule has 0 aliphatic carbocycles. The predicted octanol–water partition coefficient (Wildman–Crippen LogP) is 5.06. The fourth-order valence-corrected chi connectivity index (χ4v) is 4.24. The Labute approximate surface area is 149 Å². The van der Waals surface area contributed by atoms with Crippen molar-refractivity contribution in [2.24, 2.45) is 0 Å². The molecule has 0 aromatic heterocycles. The van der Waals surface area contributed by atoms with Gasteiger partial charge in [-0.15, -0.1) is 0 Å². The van der Waals surface area contributed by atoms with Crippen molar-refractivity contribution in [3.63, 3.8) is 0 Å². The van der Waals surface area contributed by atoms with Gasteiger partial charge in [0.25, 0.3) is 0 Å². The van der Waals surface area contributed by atoms with Gasteiger partial charge in [-0.05, 0) is 48.7 Å². The molecule has 0 aliphatic heterocycles. The van der Waals surface area contributed by atoms with Gasteiger partial charge in [0.15, 0.2) is 0 Å². The molecule has 0 bridgehead atoms. The highest BCUT2D eigenvalue weighted by molar-refractivity contribution is 7.80. The number of rotatable bonds is 3. The zero-order chi connectivity index (χ0) is 17.9. The largest absolute Gasteiger partial charge is 0.397 e. The predicted molar refractivity (Wildman–Crippen MR) is 104 cm³/mol. The lowest BCUT2D eigenvalue weighted by Crippen LogP contribution is -2.04. The first-order valence-corrected chi connectivity index (χ1v) is 9.58. The molecule has 0 heterocycles. The van der Waals surface area contributed by atoms with Crippen molar-refractivity contribution in [3.8, 4) is 0 Å². The fourth-order valence-electron chi connectivity index (χ4n) is 3.97. The van der Waals surface area contributed by atoms with Crippen LogP contribution in [0.1, 0.15) is 5.56 Å². The van der Waals surface area contributed by atoms with Gasteiger partial charge in [-0.1, -0.05) is 66.7 Å². The molecule has 5 rings (SSSR count). The van der Waals surface area contributed by atoms with E-state index in [9.17, 15) is 8.42 Å². The summed E-state index contributed by atoms with van der Waals surface area (Å²) in [6, 6.07) is 22.3. The average molecular weight is 362 g/mol. The highest BCUT2D eigenvalue weighted by atomic mass is 32.3. The van der Waals surface area contributed by atoms with Crippen LogP contribution in [0.15, 0.2) is 66.7 Å². The van der Waals surface area contributed by atoms with Crippen molar-refractivity contribution < 1.29 is 17.2 Å². The fraction of sp³-hybridized carbons (Fsp3) is 0.0476. The molecule has 5 heteroatoms. The Morgan fingerprint density at radius 1 is 0.692 bits per heavy atom. The van der Waals surface area contributed by atoms with Gasteiger partial charge < -0.3 is 0 Å². The van der Waals surface area contributed by atoms with E-state index in [4.69, 9.17) is 8.74 Å². The van der Waals surface area contributed by atoms with Gasteiger partial charge in [0.1, 0.15) is 0 Å². The van der Waals surface area contributed by atoms with Crippen molar-refractivity contribution in [1.29, 1.82) is 0 Å². The molecule has 0 radical (unpaired) electrons. The van der Waals surface area contributed by atoms with E-state index in [0.717, 1.165) is 48.7 Å². The molecule has 1 N–H and O–H groups in total. The summed E-state index contributed by atoms with van der Waals surface area (Å²) in [5.41, 5.74) is 0.754. The van der Waals surface area contributed by atoms with E-state index in [0.29, 0.717) is 0 Å². The van der Waals surface area contributed by atoms with E-state index < -0.39 is 10.4 Å². The lowest BCUT2D eigenvalue weighted by Gasteiger charge is -2.17. The minimum Gasteiger partial charge on any atom is -0.264 e. The van der Waals surface area contributed by atoms with Crippen molar-refractivity contribution in [2.75, 3.05) is 0 Å². The Balaban J connectivity index is 2.00. The van der Waals surface area contributed by atoms with Crippen molar-refractivity contribution >= 4 is 53.5 Å². The monoisotopic (exact) mass is 362 g/mol. The Morgan fingerprint density at radius 3 is 2.04 bits per heavy atom. The quantitative estimate of drug-likeness (QED) is 0.277. The van der Waals surface area contributed by atoms with Gasteiger partial charge in [-0.2, -0.15) is 8.42 Å². The van der Waals surface area contributed by atoms with Crippen molar-refractivity contribution in [1.82, 2.24) is 0 Å². The zero-order valence-corrected chi connectivity index (χ0v) is 14.5. The van der Waals surface area contributed by atoms with Crippen LogP contribution in [0.3, 0.4) is 0 Å². The average Bonchev–Trinajstić information content (AvgIpc) is 2.64. The first-order valence-electron chi connectivity index (χ1n) is 8.22. The van der Waals surface area contributed by atoms with Crippen LogP contribution in [-0.2, 0) is 21.2 Å². The Hall–Kier alpha value is -2.73. The highest BCUT2D eigenvalue weighted by Gasteiger charge is 2.17. The molecule has 0 aliphatic rings. The molecular formula is C21H14O4S. The zero-order valence-electron chi connectivity index (χ0n) is 13.6. The molecule has 26 heavy (non-hydrogen) atoms. The molecule has 0 fully saturated rings. The summed E-state index contributed by atoms with van der Waals surface area (Å²) in [5, 5.41) is 8.53. The third kappa shape index (κ3) is 2.25. The van der Waals surface area contributed by atoms with Gasteiger partial charge >= 0.3 is 10.4 Å². The second-order valence-corrected chi connectivity index (χ2v) is 7.49. The third-order valence-electron chi connectivity index (χ3n) is 5.00. The Morgan fingerprint density at radius 2 is 1.35 bits per heavy atom. The SMILES string of the molecule is O=S(=O)(O)OCc1c2ccccc2c2ccc3cccc4ccc1c2c43. The number of fused-ring (bicyclic) bond motifs is 2. The first-order chi connectivity index (χ1) is 12.5. The summed E-state index contributed by atoms with van der Waals surface area (Å²) in [6.07, 6.45) is 0. The smallest absolute Gasteiger partial charge is 0.264 e. The molecule has 4 nitrogen and oxygen atoms in total. The van der Waals surface area contributed by atoms with E-state index >= 15 is 0 Å². The number of hydrogen-bond donors (Lipinski definition) is 1. The molecule has 5 aromatic rings. The van der Waals surface area contributed by atoms with Crippen LogP contribution in [0.4, 0.5) is 0 Å². The van der Waals surface area contributed by atoms with Crippen LogP contribution in [0.25, 0.3) is 43.1 Å². The van der Waals surface area contributed by atoms with E-state index in [-0.39, 0.29) is 6.61 Å². The van der Waals surface area contributed by atoms with Crippen molar-refractivity contribution in [3.05, 3.63) is 72.3 Å². The number of benzene rings is 5. The first kappa shape index (κ1) is 15.5. The third-order valence-corrected chi connectivity index (χ3v) is 5.41. The second-order valence-electron chi connectivity index (χ2n) is 6.39. The van der Waals surface area contributed by atoms with E-state index in [1.165, 1.54) is 0 Å². The summed E-state index contributed by atoms with van der Waals surface area (Å²) in [6.45, 7) is -0.215. The minimum absolute atomic E-state index is 0.215. The van der Waals surface area contributed by atoms with Crippen molar-refractivity contribution in [2.45, 2.75) is 6.61 Å². The topological polar surface area (TPSA) is 63.6 Å². The number of hydrogen-bond acceptors (Lipinski definition) is 3. The highest BCUT2D eigenvalue weighted by Crippen LogP contribution is 2.41. The minimum atomic E-state index is -4.52. The maximum absolute atomic E-state index is 11.1. The summed E-state index contributed by atoms with van der Waals surface area (Å²) in [4.78, 5) is 0. The summed E-state index contributed by atoms with van der Waals surface area (Å²) < 4.78 is 36.1. The van der Waals surface area contributed by atoms with E-state index in [2.05, 4.69) is 24.3 Å². The van der Waals surface area contributed by atoms with Gasteiger partial charge in [-0.3, -0.25) is 4.55 Å². The van der Waals surface area contributed by atoms with Crippen LogP contribution in [0, 0.1) is 0 Å². The molecule has 0 spiro atoms. The van der Waals surface area contributed by atoms with Crippen LogP contribution < -0.4 is 0 Å². The maximum Gasteiger partial charge on any atom is 0.397 e. The molecule has 0 saturated heterocycles. The van der Waals surface area contributed by atoms with Crippen LogP contribution in [-0.4, -0.2) is 13.0 Å². The van der Waals surface area contributed by atoms with Gasteiger partial charge in [0.2, 0.25) is 0 Å². The molecule has 0 amide bonds. The lowest BCUT2D eigenvalue weighted by molar-refractivity contribution is 0.261. The maximum atomic E-state index is 11.1. The summed E-state index contributed by atoms with van der Waals surface area (Å²) in [5.74, 6) is 0.